The van der Waals surface area contributed by atoms with Crippen LogP contribution in [0.5, 0.6) is 0 Å². The molecule has 1 amide bonds. The van der Waals surface area contributed by atoms with Crippen molar-refractivity contribution in [2.24, 2.45) is 0 Å². The number of nitrogens with zero attached hydrogens (tertiary/aromatic N) is 5. The predicted molar refractivity (Wildman–Crippen MR) is 106 cm³/mol. The number of piperidine rings is 1. The number of benzene rings is 1. The van der Waals surface area contributed by atoms with E-state index in [0.717, 1.165) is 31.4 Å². The van der Waals surface area contributed by atoms with Gasteiger partial charge in [0.2, 0.25) is 11.7 Å². The largest absolute Gasteiger partial charge is 0.342 e. The van der Waals surface area contributed by atoms with E-state index in [2.05, 4.69) is 16.8 Å². The molecule has 2 aromatic heterocycles. The third kappa shape index (κ3) is 3.25. The van der Waals surface area contributed by atoms with E-state index in [1.165, 1.54) is 18.2 Å². The molecule has 3 heterocycles. The number of aromatic nitrogens is 4. The Bertz CT molecular complexity index is 1070. The quantitative estimate of drug-likeness (QED) is 0.499. The fraction of sp³-hybridized carbons (Fsp3) is 0.368. The van der Waals surface area contributed by atoms with Crippen molar-refractivity contribution in [1.29, 1.82) is 0 Å². The molecule has 4 rings (SSSR count). The molecule has 0 atom stereocenters. The van der Waals surface area contributed by atoms with Crippen LogP contribution in [0.25, 0.3) is 16.7 Å². The summed E-state index contributed by atoms with van der Waals surface area (Å²) in [6.45, 7) is 5.75. The van der Waals surface area contributed by atoms with Gasteiger partial charge in [0, 0.05) is 19.6 Å². The van der Waals surface area contributed by atoms with Crippen molar-refractivity contribution in [2.45, 2.75) is 31.0 Å². The maximum absolute atomic E-state index is 12.8. The van der Waals surface area contributed by atoms with Crippen LogP contribution in [0.1, 0.15) is 19.3 Å². The first-order chi connectivity index (χ1) is 13.2. The minimum absolute atomic E-state index is 0.119. The van der Waals surface area contributed by atoms with Gasteiger partial charge in [-0.15, -0.1) is 16.8 Å². The highest BCUT2D eigenvalue weighted by molar-refractivity contribution is 7.99. The molecule has 0 N–H and O–H groups in total. The Morgan fingerprint density at radius 3 is 2.74 bits per heavy atom. The Labute approximate surface area is 160 Å². The number of hydrogen-bond acceptors (Lipinski definition) is 5. The summed E-state index contributed by atoms with van der Waals surface area (Å²) in [7, 11) is 0. The highest BCUT2D eigenvalue weighted by Crippen LogP contribution is 2.22. The van der Waals surface area contributed by atoms with Crippen LogP contribution in [0.2, 0.25) is 0 Å². The van der Waals surface area contributed by atoms with Crippen LogP contribution >= 0.6 is 11.8 Å². The van der Waals surface area contributed by atoms with E-state index in [-0.39, 0.29) is 11.5 Å². The zero-order valence-electron chi connectivity index (χ0n) is 15.0. The molecule has 1 aliphatic heterocycles. The highest BCUT2D eigenvalue weighted by Gasteiger charge is 2.20. The zero-order chi connectivity index (χ0) is 18.8. The van der Waals surface area contributed by atoms with Gasteiger partial charge < -0.3 is 4.90 Å². The van der Waals surface area contributed by atoms with Gasteiger partial charge >= 0.3 is 0 Å². The number of hydrogen-bond donors (Lipinski definition) is 0. The first kappa shape index (κ1) is 17.8. The fourth-order valence-corrected chi connectivity index (χ4v) is 4.32. The maximum Gasteiger partial charge on any atom is 0.263 e. The smallest absolute Gasteiger partial charge is 0.263 e. The van der Waals surface area contributed by atoms with E-state index in [0.29, 0.717) is 28.6 Å². The van der Waals surface area contributed by atoms with Crippen molar-refractivity contribution in [1.82, 2.24) is 24.1 Å². The van der Waals surface area contributed by atoms with Gasteiger partial charge in [0.25, 0.3) is 5.56 Å². The molecule has 7 nitrogen and oxygen atoms in total. The second-order valence-corrected chi connectivity index (χ2v) is 7.51. The van der Waals surface area contributed by atoms with Crippen molar-refractivity contribution in [2.75, 3.05) is 18.8 Å². The molecule has 1 fully saturated rings. The van der Waals surface area contributed by atoms with Crippen LogP contribution in [0.3, 0.4) is 0 Å². The number of rotatable bonds is 5. The summed E-state index contributed by atoms with van der Waals surface area (Å²) in [5.41, 5.74) is 0.627. The van der Waals surface area contributed by atoms with E-state index >= 15 is 0 Å². The molecule has 0 saturated carbocycles. The van der Waals surface area contributed by atoms with Gasteiger partial charge in [-0.25, -0.2) is 0 Å². The van der Waals surface area contributed by atoms with Crippen LogP contribution in [0.4, 0.5) is 0 Å². The molecule has 140 valence electrons. The van der Waals surface area contributed by atoms with E-state index in [1.807, 2.05) is 27.5 Å². The van der Waals surface area contributed by atoms with Crippen LogP contribution in [-0.2, 0) is 11.3 Å². The van der Waals surface area contributed by atoms with E-state index < -0.39 is 0 Å². The van der Waals surface area contributed by atoms with Crippen LogP contribution < -0.4 is 5.56 Å². The predicted octanol–water partition coefficient (Wildman–Crippen LogP) is 2.33. The Morgan fingerprint density at radius 2 is 1.96 bits per heavy atom. The summed E-state index contributed by atoms with van der Waals surface area (Å²) in [6, 6.07) is 7.39. The van der Waals surface area contributed by atoms with Gasteiger partial charge in [0.1, 0.15) is 0 Å². The lowest BCUT2D eigenvalue weighted by atomic mass is 10.1. The first-order valence-electron chi connectivity index (χ1n) is 9.09. The van der Waals surface area contributed by atoms with Gasteiger partial charge in [-0.3, -0.25) is 18.6 Å². The Kier molecular flexibility index (Phi) is 4.98. The molecule has 3 aromatic rings. The number of thioether (sulfide) groups is 1. The summed E-state index contributed by atoms with van der Waals surface area (Å²) in [5, 5.41) is 9.69. The molecule has 0 radical (unpaired) electrons. The summed E-state index contributed by atoms with van der Waals surface area (Å²) in [4.78, 5) is 27.2. The molecule has 0 unspecified atom stereocenters. The number of amides is 1. The van der Waals surface area contributed by atoms with Crippen molar-refractivity contribution < 1.29 is 4.79 Å². The third-order valence-electron chi connectivity index (χ3n) is 4.82. The molecule has 0 spiro atoms. The van der Waals surface area contributed by atoms with Gasteiger partial charge in [0.05, 0.1) is 16.7 Å². The molecule has 1 aromatic carbocycles. The Hall–Kier alpha value is -2.61. The van der Waals surface area contributed by atoms with Crippen LogP contribution in [-0.4, -0.2) is 48.8 Å². The maximum atomic E-state index is 12.8. The summed E-state index contributed by atoms with van der Waals surface area (Å²) >= 11 is 1.36. The molecule has 27 heavy (non-hydrogen) atoms. The number of fused-ring (bicyclic) bond motifs is 3. The Morgan fingerprint density at radius 1 is 1.19 bits per heavy atom. The molecular weight excluding hydrogens is 362 g/mol. The van der Waals surface area contributed by atoms with Crippen molar-refractivity contribution in [3.63, 3.8) is 0 Å². The second-order valence-electron chi connectivity index (χ2n) is 6.57. The number of likely N-dealkylation sites (tertiary alicyclic amines) is 1. The van der Waals surface area contributed by atoms with E-state index in [9.17, 15) is 9.59 Å². The van der Waals surface area contributed by atoms with E-state index in [1.54, 1.807) is 16.7 Å². The van der Waals surface area contributed by atoms with E-state index in [4.69, 9.17) is 0 Å². The number of para-hydroxylation sites is 1. The molecule has 1 aliphatic rings. The lowest BCUT2D eigenvalue weighted by molar-refractivity contribution is -0.129. The lowest BCUT2D eigenvalue weighted by Crippen LogP contribution is -2.36. The topological polar surface area (TPSA) is 72.5 Å². The minimum Gasteiger partial charge on any atom is -0.342 e. The number of allylic oxidation sites excluding steroid dienone is 1. The summed E-state index contributed by atoms with van der Waals surface area (Å²) < 4.78 is 3.41. The van der Waals surface area contributed by atoms with Gasteiger partial charge in [-0.05, 0) is 31.4 Å². The normalized spacial score (nSPS) is 14.7. The zero-order valence-corrected chi connectivity index (χ0v) is 15.8. The van der Waals surface area contributed by atoms with Gasteiger partial charge in [0.15, 0.2) is 5.16 Å². The lowest BCUT2D eigenvalue weighted by Gasteiger charge is -2.26. The SMILES string of the molecule is C=CCn1c(=O)c2ccccc2n2c(SCC(=O)N3CCCCC3)nnc12. The fourth-order valence-electron chi connectivity index (χ4n) is 3.48. The standard InChI is InChI=1S/C19H21N5O2S/c1-2-10-23-17(26)14-8-4-5-9-15(14)24-18(23)20-21-19(24)27-13-16(25)22-11-6-3-7-12-22/h2,4-5,8-9H,1,3,6-7,10-13H2. The van der Waals surface area contributed by atoms with Crippen molar-refractivity contribution in [3.8, 4) is 0 Å². The van der Waals surface area contributed by atoms with Crippen molar-refractivity contribution in [3.05, 3.63) is 47.3 Å². The first-order valence-corrected chi connectivity index (χ1v) is 10.1. The van der Waals surface area contributed by atoms with Crippen molar-refractivity contribution >= 4 is 34.3 Å². The average molecular weight is 383 g/mol. The minimum atomic E-state index is -0.119. The molecule has 1 saturated heterocycles. The average Bonchev–Trinajstić information content (AvgIpc) is 3.14. The summed E-state index contributed by atoms with van der Waals surface area (Å²) in [6.07, 6.45) is 5.00. The molecular formula is C19H21N5O2S. The van der Waals surface area contributed by atoms with Crippen LogP contribution in [0, 0.1) is 0 Å². The van der Waals surface area contributed by atoms with Gasteiger partial charge in [-0.1, -0.05) is 30.0 Å². The summed E-state index contributed by atoms with van der Waals surface area (Å²) in [5.74, 6) is 0.905. The number of carbonyl (C=O) groups excluding carboxylic acids is 1. The third-order valence-corrected chi connectivity index (χ3v) is 5.74. The van der Waals surface area contributed by atoms with Gasteiger partial charge in [-0.2, -0.15) is 0 Å². The molecule has 8 heteroatoms. The van der Waals surface area contributed by atoms with Crippen LogP contribution in [0.15, 0.2) is 46.9 Å². The monoisotopic (exact) mass is 383 g/mol. The number of carbonyl (C=O) groups is 1. The Balaban J connectivity index is 1.72. The second kappa shape index (κ2) is 7.56. The molecule has 0 aliphatic carbocycles. The highest BCUT2D eigenvalue weighted by atomic mass is 32.2. The molecule has 0 bridgehead atoms.